The minimum atomic E-state index is -0.898. The molecule has 5 nitrogen and oxygen atoms in total. The summed E-state index contributed by atoms with van der Waals surface area (Å²) in [4.78, 5) is 27.7. The normalized spacial score (nSPS) is 15.7. The predicted octanol–water partition coefficient (Wildman–Crippen LogP) is 3.59. The second kappa shape index (κ2) is 6.29. The van der Waals surface area contributed by atoms with E-state index in [1.165, 1.54) is 11.3 Å². The summed E-state index contributed by atoms with van der Waals surface area (Å²) >= 11 is 7.23. The summed E-state index contributed by atoms with van der Waals surface area (Å²) in [7, 11) is 0. The van der Waals surface area contributed by atoms with Gasteiger partial charge in [0.05, 0.1) is 12.0 Å². The number of hydrogen-bond donors (Lipinski definition) is 2. The van der Waals surface area contributed by atoms with Gasteiger partial charge in [-0.2, -0.15) is 0 Å². The standard InChI is InChI=1S/C16H15ClN2O3S/c17-11-4-2-10(3-5-11)15-18-12(9-23-15)14(22)19-16(6-1-7-16)8-13(20)21/h2-5,9H,1,6-8H2,(H,19,22)(H,20,21). The number of carboxylic acid groups (broad SMARTS) is 1. The lowest BCUT2D eigenvalue weighted by Gasteiger charge is -2.41. The van der Waals surface area contributed by atoms with E-state index in [-0.39, 0.29) is 12.3 Å². The first-order chi connectivity index (χ1) is 11.0. The molecule has 1 fully saturated rings. The zero-order valence-corrected chi connectivity index (χ0v) is 13.8. The number of halogens is 1. The summed E-state index contributed by atoms with van der Waals surface area (Å²) in [5, 5.41) is 14.9. The lowest BCUT2D eigenvalue weighted by molar-refractivity contribution is -0.139. The molecule has 1 saturated carbocycles. The van der Waals surface area contributed by atoms with Crippen molar-refractivity contribution in [3.05, 3.63) is 40.4 Å². The van der Waals surface area contributed by atoms with Crippen molar-refractivity contribution in [2.24, 2.45) is 0 Å². The zero-order valence-electron chi connectivity index (χ0n) is 12.2. The fourth-order valence-corrected chi connectivity index (χ4v) is 3.58. The highest BCUT2D eigenvalue weighted by molar-refractivity contribution is 7.13. The van der Waals surface area contributed by atoms with Crippen molar-refractivity contribution in [3.63, 3.8) is 0 Å². The number of nitrogens with one attached hydrogen (secondary N) is 1. The predicted molar refractivity (Wildman–Crippen MR) is 88.9 cm³/mol. The summed E-state index contributed by atoms with van der Waals surface area (Å²) in [6.45, 7) is 0. The van der Waals surface area contributed by atoms with Gasteiger partial charge in [-0.25, -0.2) is 4.98 Å². The Hall–Kier alpha value is -1.92. The third-order valence-electron chi connectivity index (χ3n) is 4.01. The Bertz CT molecular complexity index is 738. The Morgan fingerprint density at radius 3 is 2.57 bits per heavy atom. The average molecular weight is 351 g/mol. The number of benzene rings is 1. The van der Waals surface area contributed by atoms with Gasteiger partial charge in [0, 0.05) is 16.0 Å². The summed E-state index contributed by atoms with van der Waals surface area (Å²) < 4.78 is 0. The molecule has 0 saturated heterocycles. The Labute approximate surface area is 142 Å². The SMILES string of the molecule is O=C(O)CC1(NC(=O)c2csc(-c3ccc(Cl)cc3)n2)CCC1. The van der Waals surface area contributed by atoms with Crippen molar-refractivity contribution in [3.8, 4) is 10.6 Å². The molecular formula is C16H15ClN2O3S. The Morgan fingerprint density at radius 2 is 2.00 bits per heavy atom. The van der Waals surface area contributed by atoms with E-state index in [0.717, 1.165) is 17.0 Å². The second-order valence-corrected chi connectivity index (χ2v) is 7.00. The monoisotopic (exact) mass is 350 g/mol. The van der Waals surface area contributed by atoms with Crippen LogP contribution >= 0.6 is 22.9 Å². The van der Waals surface area contributed by atoms with E-state index in [4.69, 9.17) is 16.7 Å². The largest absolute Gasteiger partial charge is 0.481 e. The smallest absolute Gasteiger partial charge is 0.305 e. The highest BCUT2D eigenvalue weighted by Gasteiger charge is 2.40. The van der Waals surface area contributed by atoms with Crippen LogP contribution in [0.25, 0.3) is 10.6 Å². The van der Waals surface area contributed by atoms with Crippen LogP contribution in [0.15, 0.2) is 29.6 Å². The first-order valence-electron chi connectivity index (χ1n) is 7.23. The van der Waals surface area contributed by atoms with Gasteiger partial charge in [-0.1, -0.05) is 23.7 Å². The quantitative estimate of drug-likeness (QED) is 0.863. The zero-order chi connectivity index (χ0) is 16.4. The molecule has 0 atom stereocenters. The van der Waals surface area contributed by atoms with Gasteiger partial charge in [0.2, 0.25) is 0 Å². The molecule has 0 unspecified atom stereocenters. The van der Waals surface area contributed by atoms with E-state index >= 15 is 0 Å². The van der Waals surface area contributed by atoms with Gasteiger partial charge in [-0.3, -0.25) is 9.59 Å². The molecule has 1 amide bonds. The van der Waals surface area contributed by atoms with Gasteiger partial charge >= 0.3 is 5.97 Å². The minimum absolute atomic E-state index is 0.0487. The van der Waals surface area contributed by atoms with E-state index in [2.05, 4.69) is 10.3 Å². The van der Waals surface area contributed by atoms with Crippen LogP contribution in [0.1, 0.15) is 36.2 Å². The van der Waals surface area contributed by atoms with Gasteiger partial charge in [0.1, 0.15) is 10.7 Å². The summed E-state index contributed by atoms with van der Waals surface area (Å²) in [5.41, 5.74) is 0.589. The van der Waals surface area contributed by atoms with E-state index in [1.807, 2.05) is 12.1 Å². The Morgan fingerprint density at radius 1 is 1.30 bits per heavy atom. The third kappa shape index (κ3) is 3.54. The molecule has 120 valence electrons. The molecule has 0 spiro atoms. The highest BCUT2D eigenvalue weighted by atomic mass is 35.5. The number of aliphatic carboxylic acids is 1. The maximum absolute atomic E-state index is 12.4. The van der Waals surface area contributed by atoms with E-state index in [0.29, 0.717) is 23.6 Å². The molecule has 2 N–H and O–H groups in total. The number of aromatic nitrogens is 1. The number of rotatable bonds is 5. The van der Waals surface area contributed by atoms with Crippen molar-refractivity contribution < 1.29 is 14.7 Å². The molecule has 3 rings (SSSR count). The van der Waals surface area contributed by atoms with Crippen LogP contribution in [0.2, 0.25) is 5.02 Å². The molecule has 0 bridgehead atoms. The van der Waals surface area contributed by atoms with Crippen LogP contribution in [-0.4, -0.2) is 27.5 Å². The maximum Gasteiger partial charge on any atom is 0.305 e. The van der Waals surface area contributed by atoms with Crippen molar-refractivity contribution >= 4 is 34.8 Å². The van der Waals surface area contributed by atoms with Crippen LogP contribution < -0.4 is 5.32 Å². The summed E-state index contributed by atoms with van der Waals surface area (Å²) in [5.74, 6) is -1.22. The third-order valence-corrected chi connectivity index (χ3v) is 5.15. The highest BCUT2D eigenvalue weighted by Crippen LogP contribution is 2.35. The van der Waals surface area contributed by atoms with E-state index < -0.39 is 11.5 Å². The minimum Gasteiger partial charge on any atom is -0.481 e. The number of amides is 1. The first-order valence-corrected chi connectivity index (χ1v) is 8.49. The summed E-state index contributed by atoms with van der Waals surface area (Å²) in [6.07, 6.45) is 2.27. The van der Waals surface area contributed by atoms with Crippen LogP contribution in [0.4, 0.5) is 0 Å². The van der Waals surface area contributed by atoms with Crippen molar-refractivity contribution in [1.82, 2.24) is 10.3 Å². The molecule has 1 aromatic heterocycles. The van der Waals surface area contributed by atoms with Crippen LogP contribution in [0.3, 0.4) is 0 Å². The van der Waals surface area contributed by atoms with Crippen LogP contribution in [0, 0.1) is 0 Å². The molecule has 1 heterocycles. The van der Waals surface area contributed by atoms with Crippen LogP contribution in [0.5, 0.6) is 0 Å². The number of thiazole rings is 1. The molecule has 2 aromatic rings. The summed E-state index contributed by atoms with van der Waals surface area (Å²) in [6, 6.07) is 7.24. The van der Waals surface area contributed by atoms with Crippen molar-refractivity contribution in [2.45, 2.75) is 31.2 Å². The molecular weight excluding hydrogens is 336 g/mol. The second-order valence-electron chi connectivity index (χ2n) is 5.70. The van der Waals surface area contributed by atoms with Gasteiger partial charge in [0.15, 0.2) is 0 Å². The Balaban J connectivity index is 1.73. The molecule has 1 aromatic carbocycles. The van der Waals surface area contributed by atoms with Crippen molar-refractivity contribution in [2.75, 3.05) is 0 Å². The molecule has 23 heavy (non-hydrogen) atoms. The Kier molecular flexibility index (Phi) is 4.37. The molecule has 0 radical (unpaired) electrons. The number of hydrogen-bond acceptors (Lipinski definition) is 4. The molecule has 0 aliphatic heterocycles. The van der Waals surface area contributed by atoms with Gasteiger partial charge in [-0.15, -0.1) is 11.3 Å². The van der Waals surface area contributed by atoms with Gasteiger partial charge in [-0.05, 0) is 31.4 Å². The first kappa shape index (κ1) is 16.0. The van der Waals surface area contributed by atoms with Crippen LogP contribution in [-0.2, 0) is 4.79 Å². The lowest BCUT2D eigenvalue weighted by atomic mass is 9.74. The fraction of sp³-hybridized carbons (Fsp3) is 0.312. The number of nitrogens with zero attached hydrogens (tertiary/aromatic N) is 1. The molecule has 1 aliphatic carbocycles. The lowest BCUT2D eigenvalue weighted by Crippen LogP contribution is -2.54. The number of carbonyl (C=O) groups is 2. The topological polar surface area (TPSA) is 79.3 Å². The van der Waals surface area contributed by atoms with Crippen molar-refractivity contribution in [1.29, 1.82) is 0 Å². The average Bonchev–Trinajstić information content (AvgIpc) is 2.95. The van der Waals surface area contributed by atoms with E-state index in [9.17, 15) is 9.59 Å². The van der Waals surface area contributed by atoms with Gasteiger partial charge < -0.3 is 10.4 Å². The number of carbonyl (C=O) groups excluding carboxylic acids is 1. The maximum atomic E-state index is 12.4. The molecule has 7 heteroatoms. The van der Waals surface area contributed by atoms with E-state index in [1.54, 1.807) is 17.5 Å². The number of carboxylic acids is 1. The fourth-order valence-electron chi connectivity index (χ4n) is 2.65. The molecule has 1 aliphatic rings. The van der Waals surface area contributed by atoms with Gasteiger partial charge in [0.25, 0.3) is 5.91 Å².